The highest BCUT2D eigenvalue weighted by Crippen LogP contribution is 2.51. The number of aryl methyl sites for hydroxylation is 1. The van der Waals surface area contributed by atoms with Gasteiger partial charge < -0.3 is 14.9 Å². The molecule has 1 atom stereocenters. The molecule has 6 nitrogen and oxygen atoms in total. The van der Waals surface area contributed by atoms with Crippen molar-refractivity contribution in [3.8, 4) is 0 Å². The summed E-state index contributed by atoms with van der Waals surface area (Å²) in [5.74, 6) is -0.143. The topological polar surface area (TPSA) is 63.0 Å². The van der Waals surface area contributed by atoms with Crippen LogP contribution < -0.4 is 10.2 Å². The van der Waals surface area contributed by atoms with E-state index in [-0.39, 0.29) is 17.6 Å². The molecule has 2 aliphatic rings. The van der Waals surface area contributed by atoms with E-state index in [1.54, 1.807) is 4.90 Å². The van der Waals surface area contributed by atoms with Crippen LogP contribution in [0, 0.1) is 6.57 Å². The number of nitrogens with one attached hydrogen (secondary N) is 1. The van der Waals surface area contributed by atoms with Crippen LogP contribution in [0.5, 0.6) is 0 Å². The number of nitrogens with zero attached hydrogens (tertiary/aromatic N) is 2. The molecule has 1 N–H and O–H groups in total. The van der Waals surface area contributed by atoms with Gasteiger partial charge >= 0.3 is 6.09 Å². The number of anilines is 1. The van der Waals surface area contributed by atoms with Crippen LogP contribution >= 0.6 is 0 Å². The molecule has 1 aliphatic heterocycles. The fourth-order valence-corrected chi connectivity index (χ4v) is 3.15. The third-order valence-electron chi connectivity index (χ3n) is 4.67. The third kappa shape index (κ3) is 2.94. The van der Waals surface area contributed by atoms with E-state index in [4.69, 9.17) is 11.3 Å². The molecule has 1 aliphatic carbocycles. The summed E-state index contributed by atoms with van der Waals surface area (Å²) in [5.41, 5.74) is 2.64. The maximum absolute atomic E-state index is 12.1. The SMILES string of the molecule is [C-]#[N+]C1(c2ccc(N3C[C@H](CNC(C)=O)OC3=O)cc2CC)CC1. The summed E-state index contributed by atoms with van der Waals surface area (Å²) in [4.78, 5) is 28.5. The summed E-state index contributed by atoms with van der Waals surface area (Å²) in [5, 5.41) is 2.67. The molecule has 3 rings (SSSR count). The molecule has 1 aromatic rings. The van der Waals surface area contributed by atoms with Crippen LogP contribution in [0.1, 0.15) is 37.8 Å². The second-order valence-corrected chi connectivity index (χ2v) is 6.39. The van der Waals surface area contributed by atoms with Gasteiger partial charge in [-0.15, -0.1) is 0 Å². The van der Waals surface area contributed by atoms with Crippen molar-refractivity contribution in [2.75, 3.05) is 18.0 Å². The molecule has 0 aromatic heterocycles. The number of amides is 2. The average molecular weight is 327 g/mol. The van der Waals surface area contributed by atoms with Crippen molar-refractivity contribution in [1.29, 1.82) is 0 Å². The fraction of sp³-hybridized carbons (Fsp3) is 0.500. The van der Waals surface area contributed by atoms with Crippen molar-refractivity contribution >= 4 is 17.7 Å². The number of hydrogen-bond acceptors (Lipinski definition) is 3. The first kappa shape index (κ1) is 16.3. The van der Waals surface area contributed by atoms with E-state index >= 15 is 0 Å². The Hall–Kier alpha value is -2.55. The Bertz CT molecular complexity index is 719. The van der Waals surface area contributed by atoms with Crippen molar-refractivity contribution < 1.29 is 14.3 Å². The zero-order valence-electron chi connectivity index (χ0n) is 14.0. The van der Waals surface area contributed by atoms with Crippen LogP contribution in [-0.4, -0.2) is 31.2 Å². The molecule has 1 aromatic carbocycles. The molecule has 126 valence electrons. The minimum atomic E-state index is -0.397. The maximum atomic E-state index is 12.1. The number of benzene rings is 1. The lowest BCUT2D eigenvalue weighted by atomic mass is 9.96. The van der Waals surface area contributed by atoms with Crippen LogP contribution in [0.2, 0.25) is 0 Å². The van der Waals surface area contributed by atoms with E-state index in [9.17, 15) is 9.59 Å². The van der Waals surface area contributed by atoms with E-state index in [0.717, 1.165) is 36.1 Å². The Morgan fingerprint density at radius 1 is 1.50 bits per heavy atom. The zero-order chi connectivity index (χ0) is 17.3. The quantitative estimate of drug-likeness (QED) is 0.846. The highest BCUT2D eigenvalue weighted by atomic mass is 16.6. The normalized spacial score (nSPS) is 21.1. The van der Waals surface area contributed by atoms with Gasteiger partial charge in [-0.1, -0.05) is 6.92 Å². The van der Waals surface area contributed by atoms with E-state index in [2.05, 4.69) is 17.1 Å². The maximum Gasteiger partial charge on any atom is 0.414 e. The van der Waals surface area contributed by atoms with Crippen LogP contribution in [0.3, 0.4) is 0 Å². The fourth-order valence-electron chi connectivity index (χ4n) is 3.15. The van der Waals surface area contributed by atoms with Crippen molar-refractivity contribution in [2.24, 2.45) is 0 Å². The second-order valence-electron chi connectivity index (χ2n) is 6.39. The molecule has 0 bridgehead atoms. The third-order valence-corrected chi connectivity index (χ3v) is 4.67. The van der Waals surface area contributed by atoms with Crippen molar-refractivity contribution in [3.05, 3.63) is 40.7 Å². The number of rotatable bonds is 5. The Balaban J connectivity index is 1.79. The summed E-state index contributed by atoms with van der Waals surface area (Å²) < 4.78 is 5.31. The van der Waals surface area contributed by atoms with Crippen LogP contribution in [0.15, 0.2) is 18.2 Å². The zero-order valence-corrected chi connectivity index (χ0v) is 14.0. The molecule has 24 heavy (non-hydrogen) atoms. The largest absolute Gasteiger partial charge is 0.442 e. The summed E-state index contributed by atoms with van der Waals surface area (Å²) in [6.45, 7) is 11.7. The van der Waals surface area contributed by atoms with Gasteiger partial charge in [0.25, 0.3) is 5.54 Å². The van der Waals surface area contributed by atoms with Crippen molar-refractivity contribution in [1.82, 2.24) is 5.32 Å². The van der Waals surface area contributed by atoms with Crippen molar-refractivity contribution in [3.63, 3.8) is 0 Å². The molecule has 1 saturated carbocycles. The summed E-state index contributed by atoms with van der Waals surface area (Å²) in [6, 6.07) is 5.86. The predicted octanol–water partition coefficient (Wildman–Crippen LogP) is 2.62. The van der Waals surface area contributed by atoms with E-state index in [1.807, 2.05) is 18.2 Å². The molecule has 0 spiro atoms. The highest BCUT2D eigenvalue weighted by molar-refractivity contribution is 5.90. The van der Waals surface area contributed by atoms with Crippen LogP contribution in [0.4, 0.5) is 10.5 Å². The number of carbonyl (C=O) groups is 2. The van der Waals surface area contributed by atoms with Gasteiger partial charge in [-0.2, -0.15) is 0 Å². The van der Waals surface area contributed by atoms with E-state index in [0.29, 0.717) is 13.1 Å². The highest BCUT2D eigenvalue weighted by Gasteiger charge is 2.53. The van der Waals surface area contributed by atoms with Gasteiger partial charge in [0.05, 0.1) is 13.1 Å². The first-order valence-electron chi connectivity index (χ1n) is 8.23. The average Bonchev–Trinajstić information content (AvgIpc) is 3.29. The molecule has 0 unspecified atom stereocenters. The minimum absolute atomic E-state index is 0.143. The number of carbonyl (C=O) groups excluding carboxylic acids is 2. The van der Waals surface area contributed by atoms with Gasteiger partial charge in [-0.25, -0.2) is 11.4 Å². The second kappa shape index (κ2) is 6.16. The number of hydrogen-bond donors (Lipinski definition) is 1. The number of ether oxygens (including phenoxy) is 1. The molecule has 1 saturated heterocycles. The van der Waals surface area contributed by atoms with Gasteiger partial charge in [0.2, 0.25) is 5.91 Å². The van der Waals surface area contributed by atoms with Gasteiger partial charge in [-0.3, -0.25) is 9.69 Å². The summed E-state index contributed by atoms with van der Waals surface area (Å²) in [6.07, 6.45) is 1.90. The van der Waals surface area contributed by atoms with Crippen molar-refractivity contribution in [2.45, 2.75) is 44.8 Å². The van der Waals surface area contributed by atoms with Crippen LogP contribution in [-0.2, 0) is 21.5 Å². The lowest BCUT2D eigenvalue weighted by Gasteiger charge is -2.17. The number of cyclic esters (lactones) is 1. The molecule has 6 heteroatoms. The predicted molar refractivity (Wildman–Crippen MR) is 89.6 cm³/mol. The summed E-state index contributed by atoms with van der Waals surface area (Å²) >= 11 is 0. The van der Waals surface area contributed by atoms with Gasteiger partial charge in [0, 0.05) is 31.0 Å². The van der Waals surface area contributed by atoms with Gasteiger partial charge in [0.15, 0.2) is 0 Å². The smallest absolute Gasteiger partial charge is 0.414 e. The van der Waals surface area contributed by atoms with E-state index in [1.165, 1.54) is 6.92 Å². The molecule has 1 heterocycles. The Morgan fingerprint density at radius 2 is 2.25 bits per heavy atom. The lowest BCUT2D eigenvalue weighted by molar-refractivity contribution is -0.119. The van der Waals surface area contributed by atoms with E-state index < -0.39 is 6.09 Å². The monoisotopic (exact) mass is 327 g/mol. The standard InChI is InChI=1S/C18H21N3O3/c1-4-13-9-14(5-6-16(13)18(19-3)7-8-18)21-11-15(24-17(21)23)10-20-12(2)22/h5-6,9,15H,4,7-8,10-11H2,1-2H3,(H,20,22)/t15-/m0/s1. The lowest BCUT2D eigenvalue weighted by Crippen LogP contribution is -2.33. The first-order chi connectivity index (χ1) is 11.5. The summed E-state index contributed by atoms with van der Waals surface area (Å²) in [7, 11) is 0. The van der Waals surface area contributed by atoms with Crippen LogP contribution in [0.25, 0.3) is 4.85 Å². The Morgan fingerprint density at radius 3 is 2.83 bits per heavy atom. The first-order valence-corrected chi connectivity index (χ1v) is 8.23. The minimum Gasteiger partial charge on any atom is -0.442 e. The molecular weight excluding hydrogens is 306 g/mol. The Labute approximate surface area is 141 Å². The Kier molecular flexibility index (Phi) is 4.18. The molecule has 2 fully saturated rings. The van der Waals surface area contributed by atoms with Gasteiger partial charge in [0.1, 0.15) is 6.10 Å². The molecule has 2 amide bonds. The van der Waals surface area contributed by atoms with Gasteiger partial charge in [-0.05, 0) is 30.2 Å². The molecular formula is C18H21N3O3. The molecule has 0 radical (unpaired) electrons.